The van der Waals surface area contributed by atoms with Crippen LogP contribution in [-0.4, -0.2) is 22.5 Å². The summed E-state index contributed by atoms with van der Waals surface area (Å²) in [7, 11) is 0. The third kappa shape index (κ3) is 4.21. The van der Waals surface area contributed by atoms with Gasteiger partial charge in [0.2, 0.25) is 6.29 Å². The van der Waals surface area contributed by atoms with Gasteiger partial charge in [0.1, 0.15) is 5.75 Å². The van der Waals surface area contributed by atoms with Crippen LogP contribution < -0.4 is 0 Å². The molecule has 1 aromatic rings. The van der Waals surface area contributed by atoms with E-state index in [1.165, 1.54) is 25.3 Å². The first-order valence-electron chi connectivity index (χ1n) is 7.69. The van der Waals surface area contributed by atoms with Crippen LogP contribution in [0.15, 0.2) is 36.4 Å². The Morgan fingerprint density at radius 3 is 2.77 bits per heavy atom. The Kier molecular flexibility index (Phi) is 5.78. The van der Waals surface area contributed by atoms with Gasteiger partial charge in [0.25, 0.3) is 0 Å². The lowest BCUT2D eigenvalue weighted by atomic mass is 10.0. The Morgan fingerprint density at radius 2 is 2.09 bits per heavy atom. The number of hydrogen-bond acceptors (Lipinski definition) is 4. The van der Waals surface area contributed by atoms with Crippen LogP contribution in [0.4, 0.5) is 0 Å². The van der Waals surface area contributed by atoms with E-state index in [1.807, 2.05) is 6.08 Å². The number of unbranched alkanes of at least 4 members (excludes halogenated alkanes) is 3. The molecule has 0 spiro atoms. The molecule has 0 saturated heterocycles. The number of aromatic hydroxyl groups is 1. The van der Waals surface area contributed by atoms with Gasteiger partial charge in [-0.25, -0.2) is 4.79 Å². The quantitative estimate of drug-likeness (QED) is 0.460. The fourth-order valence-corrected chi connectivity index (χ4v) is 2.40. The van der Waals surface area contributed by atoms with E-state index >= 15 is 0 Å². The van der Waals surface area contributed by atoms with Gasteiger partial charge in [-0.15, -0.1) is 0 Å². The van der Waals surface area contributed by atoms with Gasteiger partial charge in [-0.05, 0) is 42.5 Å². The molecular formula is C18H22O4. The Labute approximate surface area is 130 Å². The summed E-state index contributed by atoms with van der Waals surface area (Å²) in [5.74, 6) is -0.338. The lowest BCUT2D eigenvalue weighted by molar-refractivity contribution is -0.149. The minimum absolute atomic E-state index is 0.210. The number of benzene rings is 1. The Balaban J connectivity index is 2.04. The van der Waals surface area contributed by atoms with Crippen LogP contribution in [0.3, 0.4) is 0 Å². The maximum atomic E-state index is 11.2. The number of ether oxygens (including phenoxy) is 1. The molecule has 0 saturated carbocycles. The van der Waals surface area contributed by atoms with Crippen molar-refractivity contribution in [2.75, 3.05) is 0 Å². The predicted molar refractivity (Wildman–Crippen MR) is 85.2 cm³/mol. The molecule has 2 rings (SSSR count). The van der Waals surface area contributed by atoms with Crippen LogP contribution in [0.2, 0.25) is 0 Å². The SMILES string of the molecule is CCCCCC=CCc1cc(C2=CC(=O)OC2O)ccc1O. The zero-order chi connectivity index (χ0) is 15.9. The van der Waals surface area contributed by atoms with Crippen molar-refractivity contribution in [2.24, 2.45) is 0 Å². The van der Waals surface area contributed by atoms with Crippen LogP contribution in [0.5, 0.6) is 5.75 Å². The van der Waals surface area contributed by atoms with E-state index < -0.39 is 12.3 Å². The number of carbonyl (C=O) groups excluding carboxylic acids is 1. The topological polar surface area (TPSA) is 66.8 Å². The Hall–Kier alpha value is -2.07. The Morgan fingerprint density at radius 1 is 1.27 bits per heavy atom. The molecule has 1 atom stereocenters. The second kappa shape index (κ2) is 7.80. The third-order valence-electron chi connectivity index (χ3n) is 3.66. The number of allylic oxidation sites excluding steroid dienone is 2. The fraction of sp³-hybridized carbons (Fsp3) is 0.389. The van der Waals surface area contributed by atoms with Crippen molar-refractivity contribution in [2.45, 2.75) is 45.3 Å². The lowest BCUT2D eigenvalue weighted by Crippen LogP contribution is -2.09. The maximum Gasteiger partial charge on any atom is 0.333 e. The minimum Gasteiger partial charge on any atom is -0.508 e. The van der Waals surface area contributed by atoms with Gasteiger partial charge in [-0.1, -0.05) is 38.0 Å². The fourth-order valence-electron chi connectivity index (χ4n) is 2.40. The van der Waals surface area contributed by atoms with Crippen molar-refractivity contribution in [3.8, 4) is 5.75 Å². The molecule has 1 heterocycles. The van der Waals surface area contributed by atoms with Crippen LogP contribution in [0, 0.1) is 0 Å². The molecule has 0 radical (unpaired) electrons. The zero-order valence-electron chi connectivity index (χ0n) is 12.8. The standard InChI is InChI=1S/C18H22O4/c1-2-3-4-5-6-7-8-14-11-13(9-10-16(14)19)15-12-17(20)22-18(15)21/h6-7,9-12,18-19,21H,2-5,8H2,1H3. The van der Waals surface area contributed by atoms with Crippen LogP contribution in [-0.2, 0) is 16.0 Å². The molecule has 22 heavy (non-hydrogen) atoms. The molecule has 4 heteroatoms. The van der Waals surface area contributed by atoms with Crippen LogP contribution in [0.25, 0.3) is 5.57 Å². The van der Waals surface area contributed by atoms with Crippen molar-refractivity contribution in [3.63, 3.8) is 0 Å². The van der Waals surface area contributed by atoms with Gasteiger partial charge < -0.3 is 14.9 Å². The van der Waals surface area contributed by atoms with E-state index in [0.717, 1.165) is 12.0 Å². The number of esters is 1. The minimum atomic E-state index is -1.23. The molecule has 118 valence electrons. The molecule has 1 aliphatic rings. The molecule has 4 nitrogen and oxygen atoms in total. The van der Waals surface area contributed by atoms with Crippen LogP contribution >= 0.6 is 0 Å². The van der Waals surface area contributed by atoms with Gasteiger partial charge in [0.05, 0.1) is 0 Å². The van der Waals surface area contributed by atoms with Crippen LogP contribution in [0.1, 0.15) is 43.7 Å². The second-order valence-corrected chi connectivity index (χ2v) is 5.40. The summed E-state index contributed by atoms with van der Waals surface area (Å²) in [5.41, 5.74) is 1.88. The first kappa shape index (κ1) is 16.3. The van der Waals surface area contributed by atoms with E-state index in [1.54, 1.807) is 18.2 Å². The molecule has 0 aliphatic carbocycles. The molecule has 1 aromatic carbocycles. The zero-order valence-corrected chi connectivity index (χ0v) is 12.8. The van der Waals surface area contributed by atoms with E-state index in [-0.39, 0.29) is 5.75 Å². The summed E-state index contributed by atoms with van der Waals surface area (Å²) in [6, 6.07) is 5.02. The number of phenols is 1. The third-order valence-corrected chi connectivity index (χ3v) is 3.66. The normalized spacial score (nSPS) is 17.8. The Bertz CT molecular complexity index is 587. The van der Waals surface area contributed by atoms with Gasteiger partial charge in [-0.2, -0.15) is 0 Å². The first-order chi connectivity index (χ1) is 10.6. The molecule has 0 fully saturated rings. The molecule has 0 amide bonds. The highest BCUT2D eigenvalue weighted by molar-refractivity contribution is 5.96. The van der Waals surface area contributed by atoms with E-state index in [4.69, 9.17) is 0 Å². The highest BCUT2D eigenvalue weighted by Gasteiger charge is 2.25. The number of rotatable bonds is 7. The maximum absolute atomic E-state index is 11.2. The number of carbonyl (C=O) groups is 1. The smallest absolute Gasteiger partial charge is 0.333 e. The number of aliphatic hydroxyl groups excluding tert-OH is 1. The van der Waals surface area contributed by atoms with Crippen molar-refractivity contribution in [1.82, 2.24) is 0 Å². The van der Waals surface area contributed by atoms with Crippen molar-refractivity contribution < 1.29 is 19.7 Å². The predicted octanol–water partition coefficient (Wildman–Crippen LogP) is 3.33. The van der Waals surface area contributed by atoms with Gasteiger partial charge >= 0.3 is 5.97 Å². The molecule has 0 bridgehead atoms. The second-order valence-electron chi connectivity index (χ2n) is 5.40. The summed E-state index contributed by atoms with van der Waals surface area (Å²) >= 11 is 0. The molecule has 1 aliphatic heterocycles. The molecule has 0 aromatic heterocycles. The average molecular weight is 302 g/mol. The first-order valence-corrected chi connectivity index (χ1v) is 7.69. The largest absolute Gasteiger partial charge is 0.508 e. The summed E-state index contributed by atoms with van der Waals surface area (Å²) in [5, 5.41) is 19.6. The average Bonchev–Trinajstić information content (AvgIpc) is 2.83. The molecule has 1 unspecified atom stereocenters. The van der Waals surface area contributed by atoms with Crippen molar-refractivity contribution in [3.05, 3.63) is 47.6 Å². The number of aliphatic hydroxyl groups is 1. The number of phenolic OH excluding ortho intramolecular Hbond substituents is 1. The van der Waals surface area contributed by atoms with E-state index in [0.29, 0.717) is 17.6 Å². The monoisotopic (exact) mass is 302 g/mol. The summed E-state index contributed by atoms with van der Waals surface area (Å²) in [4.78, 5) is 11.2. The van der Waals surface area contributed by atoms with Gasteiger partial charge in [0, 0.05) is 11.6 Å². The number of cyclic esters (lactones) is 1. The highest BCUT2D eigenvalue weighted by atomic mass is 16.6. The molecular weight excluding hydrogens is 280 g/mol. The summed E-state index contributed by atoms with van der Waals surface area (Å²) < 4.78 is 4.68. The van der Waals surface area contributed by atoms with Crippen molar-refractivity contribution >= 4 is 11.5 Å². The van der Waals surface area contributed by atoms with Crippen molar-refractivity contribution in [1.29, 1.82) is 0 Å². The molecule has 2 N–H and O–H groups in total. The lowest BCUT2D eigenvalue weighted by Gasteiger charge is -2.10. The van der Waals surface area contributed by atoms with E-state index in [9.17, 15) is 15.0 Å². The van der Waals surface area contributed by atoms with Gasteiger partial charge in [0.15, 0.2) is 0 Å². The van der Waals surface area contributed by atoms with E-state index in [2.05, 4.69) is 17.7 Å². The summed E-state index contributed by atoms with van der Waals surface area (Å²) in [6.45, 7) is 2.17. The highest BCUT2D eigenvalue weighted by Crippen LogP contribution is 2.29. The number of hydrogen-bond donors (Lipinski definition) is 2. The summed E-state index contributed by atoms with van der Waals surface area (Å²) in [6.07, 6.45) is 9.48. The van der Waals surface area contributed by atoms with Gasteiger partial charge in [-0.3, -0.25) is 0 Å².